The van der Waals surface area contributed by atoms with Crippen molar-refractivity contribution < 1.29 is 13.9 Å². The molecule has 0 aliphatic carbocycles. The van der Waals surface area contributed by atoms with E-state index in [4.69, 9.17) is 4.74 Å². The molecule has 2 aliphatic heterocycles. The average Bonchev–Trinajstić information content (AvgIpc) is 2.73. The number of alkyl halides is 1. The minimum atomic E-state index is -0.724. The number of carbonyl (C=O) groups is 1. The first-order chi connectivity index (χ1) is 8.87. The number of nitrogens with zero attached hydrogens (tertiary/aromatic N) is 1. The Morgan fingerprint density at radius 3 is 2.37 bits per heavy atom. The summed E-state index contributed by atoms with van der Waals surface area (Å²) in [6.45, 7) is 8.24. The van der Waals surface area contributed by atoms with Gasteiger partial charge in [-0.25, -0.2) is 9.18 Å². The van der Waals surface area contributed by atoms with Crippen molar-refractivity contribution in [2.75, 3.05) is 26.2 Å². The van der Waals surface area contributed by atoms with E-state index in [1.165, 1.54) is 0 Å². The summed E-state index contributed by atoms with van der Waals surface area (Å²) in [7, 11) is 0. The number of hydrogen-bond donors (Lipinski definition) is 1. The van der Waals surface area contributed by atoms with Crippen molar-refractivity contribution in [1.29, 1.82) is 0 Å². The molecule has 1 N–H and O–H groups in total. The molecule has 2 saturated heterocycles. The molecule has 0 bridgehead atoms. The maximum Gasteiger partial charge on any atom is 0.410 e. The van der Waals surface area contributed by atoms with E-state index < -0.39 is 11.8 Å². The summed E-state index contributed by atoms with van der Waals surface area (Å²) in [5.41, 5.74) is -0.451. The van der Waals surface area contributed by atoms with Gasteiger partial charge in [-0.1, -0.05) is 0 Å². The number of piperidine rings is 1. The number of likely N-dealkylation sites (tertiary alicyclic amines) is 1. The standard InChI is InChI=1S/C14H25FN2O2/c1-14(2,3)19-13(18)17-6-4-10(5-7-17)11-8-16-9-12(11)15/h10-12,16H,4-9H2,1-3H3. The van der Waals surface area contributed by atoms with Gasteiger partial charge in [0.15, 0.2) is 0 Å². The Balaban J connectivity index is 1.80. The van der Waals surface area contributed by atoms with Gasteiger partial charge in [-0.05, 0) is 39.5 Å². The molecule has 0 aromatic carbocycles. The van der Waals surface area contributed by atoms with E-state index in [-0.39, 0.29) is 12.0 Å². The SMILES string of the molecule is CC(C)(C)OC(=O)N1CCC(C2CNCC2F)CC1. The molecule has 0 aromatic rings. The predicted octanol–water partition coefficient (Wildman–Crippen LogP) is 2.19. The van der Waals surface area contributed by atoms with Crippen LogP contribution in [0.1, 0.15) is 33.6 Å². The zero-order chi connectivity index (χ0) is 14.0. The number of carbonyl (C=O) groups excluding carboxylic acids is 1. The molecule has 1 amide bonds. The highest BCUT2D eigenvalue weighted by Crippen LogP contribution is 2.31. The summed E-state index contributed by atoms with van der Waals surface area (Å²) < 4.78 is 19.0. The fourth-order valence-corrected chi connectivity index (χ4v) is 2.97. The van der Waals surface area contributed by atoms with Crippen molar-refractivity contribution in [2.24, 2.45) is 11.8 Å². The van der Waals surface area contributed by atoms with E-state index in [0.29, 0.717) is 25.6 Å². The van der Waals surface area contributed by atoms with Gasteiger partial charge >= 0.3 is 6.09 Å². The van der Waals surface area contributed by atoms with Crippen LogP contribution in [0.5, 0.6) is 0 Å². The van der Waals surface area contributed by atoms with Crippen LogP contribution in [0.25, 0.3) is 0 Å². The van der Waals surface area contributed by atoms with Crippen LogP contribution in [-0.4, -0.2) is 48.9 Å². The molecule has 0 spiro atoms. The van der Waals surface area contributed by atoms with E-state index in [9.17, 15) is 9.18 Å². The highest BCUT2D eigenvalue weighted by molar-refractivity contribution is 5.68. The maximum atomic E-state index is 13.7. The van der Waals surface area contributed by atoms with Gasteiger partial charge in [0, 0.05) is 32.1 Å². The lowest BCUT2D eigenvalue weighted by Crippen LogP contribution is -2.43. The summed E-state index contributed by atoms with van der Waals surface area (Å²) >= 11 is 0. The molecule has 0 aromatic heterocycles. The van der Waals surface area contributed by atoms with Crippen LogP contribution in [0.3, 0.4) is 0 Å². The molecule has 19 heavy (non-hydrogen) atoms. The van der Waals surface area contributed by atoms with Gasteiger partial charge in [-0.15, -0.1) is 0 Å². The molecule has 4 nitrogen and oxygen atoms in total. The normalized spacial score (nSPS) is 29.6. The Morgan fingerprint density at radius 2 is 1.89 bits per heavy atom. The number of hydrogen-bond acceptors (Lipinski definition) is 3. The van der Waals surface area contributed by atoms with Gasteiger partial charge in [-0.3, -0.25) is 0 Å². The minimum absolute atomic E-state index is 0.126. The molecular formula is C14H25FN2O2. The summed E-state index contributed by atoms with van der Waals surface area (Å²) in [6, 6.07) is 0. The highest BCUT2D eigenvalue weighted by atomic mass is 19.1. The average molecular weight is 272 g/mol. The lowest BCUT2D eigenvalue weighted by molar-refractivity contribution is 0.0148. The quantitative estimate of drug-likeness (QED) is 0.795. The van der Waals surface area contributed by atoms with E-state index in [1.807, 2.05) is 20.8 Å². The Kier molecular flexibility index (Phi) is 4.33. The molecule has 2 unspecified atom stereocenters. The molecule has 2 atom stereocenters. The van der Waals surface area contributed by atoms with Crippen LogP contribution in [0, 0.1) is 11.8 Å². The van der Waals surface area contributed by atoms with Crippen molar-refractivity contribution in [1.82, 2.24) is 10.2 Å². The van der Waals surface area contributed by atoms with Gasteiger partial charge in [-0.2, -0.15) is 0 Å². The van der Waals surface area contributed by atoms with Crippen LogP contribution in [0.2, 0.25) is 0 Å². The summed E-state index contributed by atoms with van der Waals surface area (Å²) in [6.07, 6.45) is 0.795. The van der Waals surface area contributed by atoms with E-state index in [0.717, 1.165) is 19.4 Å². The number of amides is 1. The molecule has 2 rings (SSSR count). The van der Waals surface area contributed by atoms with Gasteiger partial charge in [0.1, 0.15) is 11.8 Å². The summed E-state index contributed by atoms with van der Waals surface area (Å²) in [5, 5.41) is 3.10. The largest absolute Gasteiger partial charge is 0.444 e. The molecular weight excluding hydrogens is 247 g/mol. The number of halogens is 1. The molecule has 0 radical (unpaired) electrons. The summed E-state index contributed by atoms with van der Waals surface area (Å²) in [4.78, 5) is 13.7. The molecule has 110 valence electrons. The molecule has 2 heterocycles. The molecule has 0 saturated carbocycles. The number of rotatable bonds is 1. The Labute approximate surface area is 114 Å². The smallest absolute Gasteiger partial charge is 0.410 e. The van der Waals surface area contributed by atoms with Crippen molar-refractivity contribution >= 4 is 6.09 Å². The first-order valence-corrected chi connectivity index (χ1v) is 7.19. The van der Waals surface area contributed by atoms with Gasteiger partial charge in [0.25, 0.3) is 0 Å². The first-order valence-electron chi connectivity index (χ1n) is 7.19. The lowest BCUT2D eigenvalue weighted by Gasteiger charge is -2.35. The third-order valence-electron chi connectivity index (χ3n) is 3.98. The molecule has 2 fully saturated rings. The van der Waals surface area contributed by atoms with E-state index >= 15 is 0 Å². The molecule has 5 heteroatoms. The second kappa shape index (κ2) is 5.65. The van der Waals surface area contributed by atoms with Crippen molar-refractivity contribution in [3.63, 3.8) is 0 Å². The zero-order valence-corrected chi connectivity index (χ0v) is 12.1. The Hall–Kier alpha value is -0.840. The third kappa shape index (κ3) is 3.81. The van der Waals surface area contributed by atoms with Gasteiger partial charge in [0.05, 0.1) is 0 Å². The monoisotopic (exact) mass is 272 g/mol. The fraction of sp³-hybridized carbons (Fsp3) is 0.929. The lowest BCUT2D eigenvalue weighted by atomic mass is 9.83. The third-order valence-corrected chi connectivity index (χ3v) is 3.98. The maximum absolute atomic E-state index is 13.7. The second-order valence-corrected chi connectivity index (χ2v) is 6.64. The van der Waals surface area contributed by atoms with Crippen LogP contribution < -0.4 is 5.32 Å². The van der Waals surface area contributed by atoms with Gasteiger partial charge < -0.3 is 15.0 Å². The second-order valence-electron chi connectivity index (χ2n) is 6.64. The van der Waals surface area contributed by atoms with Crippen molar-refractivity contribution in [2.45, 2.75) is 45.4 Å². The fourth-order valence-electron chi connectivity index (χ4n) is 2.97. The van der Waals surface area contributed by atoms with Crippen LogP contribution in [0.15, 0.2) is 0 Å². The topological polar surface area (TPSA) is 41.6 Å². The number of nitrogens with one attached hydrogen (secondary N) is 1. The van der Waals surface area contributed by atoms with E-state index in [1.54, 1.807) is 4.90 Å². The van der Waals surface area contributed by atoms with Crippen LogP contribution in [-0.2, 0) is 4.74 Å². The van der Waals surface area contributed by atoms with E-state index in [2.05, 4.69) is 5.32 Å². The van der Waals surface area contributed by atoms with Crippen LogP contribution in [0.4, 0.5) is 9.18 Å². The van der Waals surface area contributed by atoms with Gasteiger partial charge in [0.2, 0.25) is 0 Å². The highest BCUT2D eigenvalue weighted by Gasteiger charge is 2.36. The van der Waals surface area contributed by atoms with Crippen molar-refractivity contribution in [3.05, 3.63) is 0 Å². The predicted molar refractivity (Wildman–Crippen MR) is 71.8 cm³/mol. The zero-order valence-electron chi connectivity index (χ0n) is 12.1. The Morgan fingerprint density at radius 1 is 1.26 bits per heavy atom. The van der Waals surface area contributed by atoms with Crippen LogP contribution >= 0.6 is 0 Å². The Bertz CT molecular complexity index is 322. The minimum Gasteiger partial charge on any atom is -0.444 e. The summed E-state index contributed by atoms with van der Waals surface area (Å²) in [5.74, 6) is 0.518. The molecule has 2 aliphatic rings. The number of ether oxygens (including phenoxy) is 1. The van der Waals surface area contributed by atoms with Crippen molar-refractivity contribution in [3.8, 4) is 0 Å². The first kappa shape index (κ1) is 14.6.